The van der Waals surface area contributed by atoms with Gasteiger partial charge in [0.2, 0.25) is 0 Å². The maximum Gasteiger partial charge on any atom is 0.137 e. The molecular formula is C107H117BrO25S. The first kappa shape index (κ1) is 102. The third-order valence-electron chi connectivity index (χ3n) is 22.2. The smallest absolute Gasteiger partial charge is 0.137 e. The zero-order valence-electron chi connectivity index (χ0n) is 79.7. The number of methoxy groups -OCH3 is 23. The van der Waals surface area contributed by atoms with Crippen molar-refractivity contribution in [1.82, 2.24) is 0 Å². The lowest BCUT2D eigenvalue weighted by atomic mass is 9.80. The Morgan fingerprint density at radius 3 is 1.04 bits per heavy atom. The van der Waals surface area contributed by atoms with Crippen molar-refractivity contribution < 1.29 is 119 Å². The minimum atomic E-state index is -1.03. The first-order chi connectivity index (χ1) is 65.0. The molecular weight excluding hydrogens is 1800 g/mol. The van der Waals surface area contributed by atoms with Crippen molar-refractivity contribution >= 4 is 64.1 Å². The van der Waals surface area contributed by atoms with Crippen LogP contribution in [0, 0.1) is 0 Å². The zero-order valence-corrected chi connectivity index (χ0v) is 82.1. The molecule has 0 fully saturated rings. The highest BCUT2D eigenvalue weighted by Gasteiger charge is 2.46. The summed E-state index contributed by atoms with van der Waals surface area (Å²) >= 11 is 5.33. The van der Waals surface area contributed by atoms with Crippen LogP contribution in [0.5, 0.6) is 132 Å². The van der Waals surface area contributed by atoms with Crippen LogP contribution in [0.25, 0.3) is 36.5 Å². The second kappa shape index (κ2) is 50.0. The molecule has 13 rings (SSSR count). The van der Waals surface area contributed by atoms with E-state index < -0.39 is 12.2 Å². The van der Waals surface area contributed by atoms with Crippen LogP contribution in [-0.2, 0) is 5.75 Å². The van der Waals surface area contributed by atoms with Crippen LogP contribution in [0.2, 0.25) is 0 Å². The fourth-order valence-electron chi connectivity index (χ4n) is 15.3. The van der Waals surface area contributed by atoms with E-state index in [9.17, 15) is 10.2 Å². The fourth-order valence-corrected chi connectivity index (χ4v) is 17.1. The molecule has 1 aliphatic carbocycles. The van der Waals surface area contributed by atoms with Gasteiger partial charge in [-0.3, -0.25) is 0 Å². The Labute approximate surface area is 797 Å². The Balaban J connectivity index is 0.000000189. The summed E-state index contributed by atoms with van der Waals surface area (Å²) in [5.74, 6) is 15.5. The van der Waals surface area contributed by atoms with E-state index in [0.717, 1.165) is 94.4 Å². The number of aliphatic hydroxyl groups is 2. The molecule has 0 aromatic heterocycles. The molecule has 12 aromatic carbocycles. The monoisotopic (exact) mass is 1910 g/mol. The maximum absolute atomic E-state index is 11.7. The topological polar surface area (TPSA) is 253 Å². The van der Waals surface area contributed by atoms with Gasteiger partial charge in [0.25, 0.3) is 0 Å². The zero-order chi connectivity index (χ0) is 96.7. The molecule has 27 heteroatoms. The Bertz CT molecular complexity index is 5910. The van der Waals surface area contributed by atoms with E-state index in [4.69, 9.17) is 109 Å². The Morgan fingerprint density at radius 2 is 0.604 bits per heavy atom. The van der Waals surface area contributed by atoms with Crippen LogP contribution in [0.1, 0.15) is 113 Å². The quantitative estimate of drug-likeness (QED) is 0.0341. The van der Waals surface area contributed by atoms with E-state index in [2.05, 4.69) is 34.1 Å². The SMILES string of the molecule is COc1cc(OC)cc(C(O)c2c(/C=C/c3ccc(OC)cc3OC)cc(OC)cc2OC)c1.COc1cc(OC)cc([C@H]2c3c(OC)cc(OC)cc3[C@@H](O)[C@@H]2c2ccc(OC)cc2OC)c1.COc1ccc(/C=C/c2cc(OC)cc(OC)c2Br)c(OC)c1.COc1ccc(CSC(c2cc(OC)cc(OC)c2)c2c(/C=C/c3cc(OC)cc(OC)c3)cc(OC)cc2OC)cc1. The van der Waals surface area contributed by atoms with Crippen molar-refractivity contribution in [3.8, 4) is 132 Å². The lowest BCUT2D eigenvalue weighted by molar-refractivity contribution is 0.151. The minimum Gasteiger partial charge on any atom is -0.497 e. The number of ether oxygens (including phenoxy) is 23. The molecule has 0 heterocycles. The molecule has 0 saturated carbocycles. The standard InChI is InChI=1S/C35H38O7S.2C27H30O7.C18H19BrO4/c1-36-27-12-9-23(10-13-27)22-43-35(26-17-30(39-4)20-31(18-26)40-5)34-25(16-32(41-6)21-33(34)42-7)11-8-24-14-28(37-2)19-29(15-24)38-3;1-29-16-7-8-20(22(13-16)33-5)26-24(15-9-17(30-2)11-18(10-15)31-3)25-21(27(26)28)12-19(32-4)14-23(25)34-6;1-29-20-10-9-17(24(15-20)33-5)7-8-18-11-23(32-4)16-25(34-6)26(18)27(28)19-12-21(30-2)14-22(13-19)31-3;1-20-14-8-7-12(16(10-14)22-3)5-6-13-9-15(21-2)11-17(23-4)18(13)19/h8-21,35H,22H2,1-7H3;7-14,24,26-28H,1-6H3;7-16,27-28H,1-6H3;5-11H,1-4H3/b11-8+;;8-7+;6-5+/t;24-,26+,27+;;/m.0../s1. The van der Waals surface area contributed by atoms with Crippen molar-refractivity contribution in [2.45, 2.75) is 35.0 Å². The summed E-state index contributed by atoms with van der Waals surface area (Å²) in [6.45, 7) is 0. The average Bonchev–Trinajstić information content (AvgIpc) is 1.58. The summed E-state index contributed by atoms with van der Waals surface area (Å²) in [7, 11) is 37.2. The first-order valence-electron chi connectivity index (χ1n) is 42.0. The van der Waals surface area contributed by atoms with Crippen molar-refractivity contribution in [2.75, 3.05) is 164 Å². The lowest BCUT2D eigenvalue weighted by Crippen LogP contribution is -2.13. The number of aliphatic hydroxyl groups excluding tert-OH is 2. The van der Waals surface area contributed by atoms with Gasteiger partial charge >= 0.3 is 0 Å². The van der Waals surface area contributed by atoms with E-state index in [1.54, 1.807) is 200 Å². The number of benzene rings is 12. The maximum atomic E-state index is 11.7. The Kier molecular flexibility index (Phi) is 38.1. The number of hydrogen-bond donors (Lipinski definition) is 2. The van der Waals surface area contributed by atoms with Crippen molar-refractivity contribution in [2.24, 2.45) is 0 Å². The minimum absolute atomic E-state index is 0.161. The van der Waals surface area contributed by atoms with Gasteiger partial charge in [0.15, 0.2) is 0 Å². The van der Waals surface area contributed by atoms with Crippen LogP contribution in [0.3, 0.4) is 0 Å². The third-order valence-corrected chi connectivity index (χ3v) is 24.4. The molecule has 0 aliphatic heterocycles. The lowest BCUT2D eigenvalue weighted by Gasteiger charge is -2.26. The van der Waals surface area contributed by atoms with Crippen LogP contribution < -0.4 is 109 Å². The highest BCUT2D eigenvalue weighted by Crippen LogP contribution is 2.60. The molecule has 0 radical (unpaired) electrons. The van der Waals surface area contributed by atoms with Gasteiger partial charge in [0.1, 0.15) is 138 Å². The van der Waals surface area contributed by atoms with Gasteiger partial charge < -0.3 is 119 Å². The highest BCUT2D eigenvalue weighted by atomic mass is 79.9. The van der Waals surface area contributed by atoms with Gasteiger partial charge in [0.05, 0.1) is 179 Å². The van der Waals surface area contributed by atoms with E-state index in [0.29, 0.717) is 126 Å². The predicted molar refractivity (Wildman–Crippen MR) is 529 cm³/mol. The largest absolute Gasteiger partial charge is 0.497 e. The molecule has 2 N–H and O–H groups in total. The first-order valence-corrected chi connectivity index (χ1v) is 43.8. The molecule has 708 valence electrons. The van der Waals surface area contributed by atoms with E-state index in [1.807, 2.05) is 194 Å². The number of fused-ring (bicyclic) bond motifs is 1. The number of halogens is 1. The summed E-state index contributed by atoms with van der Waals surface area (Å²) in [6, 6.07) is 62.7. The van der Waals surface area contributed by atoms with E-state index in [-0.39, 0.29) is 17.1 Å². The van der Waals surface area contributed by atoms with Gasteiger partial charge in [-0.1, -0.05) is 54.7 Å². The van der Waals surface area contributed by atoms with Crippen molar-refractivity contribution in [1.29, 1.82) is 0 Å². The molecule has 0 amide bonds. The molecule has 0 saturated heterocycles. The fraction of sp³-hybridized carbons (Fsp3) is 0.271. The Hall–Kier alpha value is -14.0. The van der Waals surface area contributed by atoms with Gasteiger partial charge in [-0.2, -0.15) is 0 Å². The molecule has 0 bridgehead atoms. The number of thioether (sulfide) groups is 1. The average molecular weight is 1920 g/mol. The molecule has 12 aromatic rings. The van der Waals surface area contributed by atoms with Crippen LogP contribution in [0.4, 0.5) is 0 Å². The summed E-state index contributed by atoms with van der Waals surface area (Å²) in [6.07, 6.45) is 9.94. The van der Waals surface area contributed by atoms with E-state index >= 15 is 0 Å². The van der Waals surface area contributed by atoms with Crippen LogP contribution in [0.15, 0.2) is 205 Å². The van der Waals surface area contributed by atoms with Crippen molar-refractivity contribution in [3.05, 3.63) is 288 Å². The van der Waals surface area contributed by atoms with Gasteiger partial charge in [-0.25, -0.2) is 0 Å². The molecule has 5 atom stereocenters. The summed E-state index contributed by atoms with van der Waals surface area (Å²) in [5, 5.41) is 23.0. The predicted octanol–water partition coefficient (Wildman–Crippen LogP) is 22.3. The van der Waals surface area contributed by atoms with Gasteiger partial charge in [0, 0.05) is 118 Å². The number of rotatable bonds is 38. The normalized spacial score (nSPS) is 13.3. The third kappa shape index (κ3) is 25.2. The highest BCUT2D eigenvalue weighted by molar-refractivity contribution is 9.10. The number of hydrogen-bond acceptors (Lipinski definition) is 26. The molecule has 134 heavy (non-hydrogen) atoms. The second-order valence-corrected chi connectivity index (χ2v) is 31.4. The molecule has 25 nitrogen and oxygen atoms in total. The summed E-state index contributed by atoms with van der Waals surface area (Å²) in [4.78, 5) is 0. The van der Waals surface area contributed by atoms with Crippen molar-refractivity contribution in [3.63, 3.8) is 0 Å². The van der Waals surface area contributed by atoms with E-state index in [1.165, 1.54) is 5.56 Å². The summed E-state index contributed by atoms with van der Waals surface area (Å²) in [5.41, 5.74) is 13.0. The van der Waals surface area contributed by atoms with Crippen LogP contribution in [-0.4, -0.2) is 174 Å². The van der Waals surface area contributed by atoms with Gasteiger partial charge in [-0.15, -0.1) is 11.8 Å². The Morgan fingerprint density at radius 1 is 0.276 bits per heavy atom. The molecule has 1 aliphatic rings. The molecule has 0 spiro atoms. The second-order valence-electron chi connectivity index (χ2n) is 29.5. The van der Waals surface area contributed by atoms with Gasteiger partial charge in [-0.05, 0) is 181 Å². The summed E-state index contributed by atoms with van der Waals surface area (Å²) < 4.78 is 128. The van der Waals surface area contributed by atoms with Crippen LogP contribution >= 0.6 is 27.7 Å². The molecule has 2 unspecified atom stereocenters.